The number of nitrogens with one attached hydrogen (secondary N) is 1. The second-order valence-corrected chi connectivity index (χ2v) is 8.20. The van der Waals surface area contributed by atoms with Gasteiger partial charge in [0.1, 0.15) is 18.4 Å². The monoisotopic (exact) mass is 512 g/mol. The van der Waals surface area contributed by atoms with Crippen LogP contribution in [0, 0.1) is 6.92 Å². The fraction of sp³-hybridized carbons (Fsp3) is 0.545. The van der Waals surface area contributed by atoms with Gasteiger partial charge >= 0.3 is 0 Å². The summed E-state index contributed by atoms with van der Waals surface area (Å²) in [6.45, 7) is 14.1. The first-order valence-corrected chi connectivity index (χ1v) is 10.0. The Morgan fingerprint density at radius 3 is 2.72 bits per heavy atom. The number of oxazole rings is 1. The molecule has 0 aliphatic carbocycles. The van der Waals surface area contributed by atoms with Crippen molar-refractivity contribution in [2.75, 3.05) is 26.2 Å². The molecule has 1 atom stereocenters. The minimum atomic E-state index is -0.0512. The predicted octanol–water partition coefficient (Wildman–Crippen LogP) is 4.44. The Morgan fingerprint density at radius 1 is 1.31 bits per heavy atom. The summed E-state index contributed by atoms with van der Waals surface area (Å²) in [5, 5.41) is 3.40. The molecule has 160 valence electrons. The lowest BCUT2D eigenvalue weighted by Gasteiger charge is -2.35. The average Bonchev–Trinajstić information content (AvgIpc) is 3.15. The molecule has 1 aromatic carbocycles. The molecule has 3 rings (SSSR count). The molecular formula is C22H33IN4O2. The highest BCUT2D eigenvalue weighted by atomic mass is 127. The smallest absolute Gasteiger partial charge is 0.216 e. The number of rotatable bonds is 4. The Balaban J connectivity index is 0.00000300. The standard InChI is InChI=1S/C22H32N4O2.HI/c1-6-23-21(25-14-20-24-13-19(28-20)22(3,4)5)26-11-12-27-18(15-26)17-10-8-7-9-16(17)2;/h7-10,13,18H,6,11-12,14-15H2,1-5H3,(H,23,25);1H. The number of morpholine rings is 1. The number of guanidine groups is 1. The molecule has 1 aliphatic heterocycles. The molecule has 1 N–H and O–H groups in total. The van der Waals surface area contributed by atoms with E-state index >= 15 is 0 Å². The number of hydrogen-bond acceptors (Lipinski definition) is 4. The highest BCUT2D eigenvalue weighted by molar-refractivity contribution is 14.0. The Morgan fingerprint density at radius 2 is 2.07 bits per heavy atom. The van der Waals surface area contributed by atoms with E-state index in [0.29, 0.717) is 19.0 Å². The molecule has 7 heteroatoms. The molecule has 1 saturated heterocycles. The van der Waals surface area contributed by atoms with Gasteiger partial charge in [-0.05, 0) is 25.0 Å². The summed E-state index contributed by atoms with van der Waals surface area (Å²) in [6, 6.07) is 8.41. The Hall–Kier alpha value is -1.61. The molecule has 1 unspecified atom stereocenters. The van der Waals surface area contributed by atoms with E-state index < -0.39 is 0 Å². The van der Waals surface area contributed by atoms with E-state index in [4.69, 9.17) is 14.1 Å². The number of halogens is 1. The van der Waals surface area contributed by atoms with Gasteiger partial charge in [0.25, 0.3) is 0 Å². The zero-order valence-corrected chi connectivity index (χ0v) is 20.4. The summed E-state index contributed by atoms with van der Waals surface area (Å²) in [4.78, 5) is 11.4. The molecule has 0 spiro atoms. The van der Waals surface area contributed by atoms with Gasteiger partial charge < -0.3 is 19.4 Å². The third-order valence-electron chi connectivity index (χ3n) is 4.89. The maximum absolute atomic E-state index is 6.05. The molecule has 6 nitrogen and oxygen atoms in total. The normalized spacial score (nSPS) is 17.8. The van der Waals surface area contributed by atoms with Crippen molar-refractivity contribution < 1.29 is 9.15 Å². The first-order valence-electron chi connectivity index (χ1n) is 10.0. The van der Waals surface area contributed by atoms with Crippen molar-refractivity contribution in [1.82, 2.24) is 15.2 Å². The molecule has 0 amide bonds. The lowest BCUT2D eigenvalue weighted by Crippen LogP contribution is -2.48. The van der Waals surface area contributed by atoms with E-state index in [-0.39, 0.29) is 35.5 Å². The second-order valence-electron chi connectivity index (χ2n) is 8.20. The predicted molar refractivity (Wildman–Crippen MR) is 127 cm³/mol. The minimum absolute atomic E-state index is 0. The van der Waals surface area contributed by atoms with Crippen LogP contribution in [0.15, 0.2) is 39.9 Å². The van der Waals surface area contributed by atoms with Crippen LogP contribution in [-0.2, 0) is 16.7 Å². The molecule has 1 aliphatic rings. The van der Waals surface area contributed by atoms with Gasteiger partial charge in [-0.1, -0.05) is 45.0 Å². The number of aromatic nitrogens is 1. The van der Waals surface area contributed by atoms with Crippen LogP contribution in [0.2, 0.25) is 0 Å². The Kier molecular flexibility index (Phi) is 8.51. The van der Waals surface area contributed by atoms with Crippen molar-refractivity contribution in [1.29, 1.82) is 0 Å². The summed E-state index contributed by atoms with van der Waals surface area (Å²) in [5.74, 6) is 2.40. The summed E-state index contributed by atoms with van der Waals surface area (Å²) in [5.41, 5.74) is 2.45. The zero-order valence-electron chi connectivity index (χ0n) is 18.1. The lowest BCUT2D eigenvalue weighted by atomic mass is 9.94. The molecule has 0 radical (unpaired) electrons. The number of aliphatic imine (C=N–C) groups is 1. The van der Waals surface area contributed by atoms with Crippen molar-refractivity contribution >= 4 is 29.9 Å². The fourth-order valence-corrected chi connectivity index (χ4v) is 3.28. The zero-order chi connectivity index (χ0) is 20.1. The van der Waals surface area contributed by atoms with E-state index in [0.717, 1.165) is 31.4 Å². The number of ether oxygens (including phenoxy) is 1. The third-order valence-corrected chi connectivity index (χ3v) is 4.89. The Bertz CT molecular complexity index is 813. The first-order chi connectivity index (χ1) is 13.4. The highest BCUT2D eigenvalue weighted by Gasteiger charge is 2.25. The van der Waals surface area contributed by atoms with E-state index in [2.05, 4.69) is 74.1 Å². The van der Waals surface area contributed by atoms with Gasteiger partial charge in [-0.3, -0.25) is 0 Å². The quantitative estimate of drug-likeness (QED) is 0.373. The SMILES string of the molecule is CCNC(=NCc1ncc(C(C)(C)C)o1)N1CCOC(c2ccccc2C)C1.I. The minimum Gasteiger partial charge on any atom is -0.443 e. The molecule has 0 saturated carbocycles. The molecule has 1 aromatic heterocycles. The van der Waals surface area contributed by atoms with Gasteiger partial charge in [-0.25, -0.2) is 9.98 Å². The second kappa shape index (κ2) is 10.4. The van der Waals surface area contributed by atoms with E-state index in [9.17, 15) is 0 Å². The van der Waals surface area contributed by atoms with Gasteiger partial charge in [0.2, 0.25) is 5.89 Å². The lowest BCUT2D eigenvalue weighted by molar-refractivity contribution is -0.00835. The average molecular weight is 512 g/mol. The van der Waals surface area contributed by atoms with Crippen LogP contribution in [-0.4, -0.2) is 42.1 Å². The van der Waals surface area contributed by atoms with Crippen LogP contribution >= 0.6 is 24.0 Å². The summed E-state index contributed by atoms with van der Waals surface area (Å²) >= 11 is 0. The number of nitrogens with zero attached hydrogens (tertiary/aromatic N) is 3. The molecule has 29 heavy (non-hydrogen) atoms. The first kappa shape index (κ1) is 23.7. The van der Waals surface area contributed by atoms with Crippen LogP contribution in [0.5, 0.6) is 0 Å². The molecular weight excluding hydrogens is 479 g/mol. The van der Waals surface area contributed by atoms with Crippen LogP contribution in [0.4, 0.5) is 0 Å². The largest absolute Gasteiger partial charge is 0.443 e. The molecule has 0 bridgehead atoms. The van der Waals surface area contributed by atoms with Crippen LogP contribution in [0.3, 0.4) is 0 Å². The summed E-state index contributed by atoms with van der Waals surface area (Å²) in [6.07, 6.45) is 1.86. The number of benzene rings is 1. The Labute approximate surface area is 191 Å². The molecule has 1 fully saturated rings. The van der Waals surface area contributed by atoms with Gasteiger partial charge in [-0.15, -0.1) is 24.0 Å². The third kappa shape index (κ3) is 6.18. The van der Waals surface area contributed by atoms with E-state index in [1.165, 1.54) is 11.1 Å². The van der Waals surface area contributed by atoms with Crippen molar-refractivity contribution in [3.05, 3.63) is 53.2 Å². The van der Waals surface area contributed by atoms with Gasteiger partial charge in [-0.2, -0.15) is 0 Å². The van der Waals surface area contributed by atoms with Gasteiger partial charge in [0, 0.05) is 18.5 Å². The summed E-state index contributed by atoms with van der Waals surface area (Å²) in [7, 11) is 0. The van der Waals surface area contributed by atoms with Crippen LogP contribution < -0.4 is 5.32 Å². The van der Waals surface area contributed by atoms with Crippen molar-refractivity contribution in [3.8, 4) is 0 Å². The number of aryl methyl sites for hydroxylation is 1. The maximum atomic E-state index is 6.05. The molecule has 2 heterocycles. The fourth-order valence-electron chi connectivity index (χ4n) is 3.28. The highest BCUT2D eigenvalue weighted by Crippen LogP contribution is 2.25. The number of hydrogen-bond donors (Lipinski definition) is 1. The van der Waals surface area contributed by atoms with Gasteiger partial charge in [0.15, 0.2) is 5.96 Å². The van der Waals surface area contributed by atoms with E-state index in [1.807, 2.05) is 0 Å². The summed E-state index contributed by atoms with van der Waals surface area (Å²) < 4.78 is 11.9. The van der Waals surface area contributed by atoms with E-state index in [1.54, 1.807) is 6.20 Å². The maximum Gasteiger partial charge on any atom is 0.216 e. The van der Waals surface area contributed by atoms with Crippen molar-refractivity contribution in [2.45, 2.75) is 52.7 Å². The van der Waals surface area contributed by atoms with Crippen LogP contribution in [0.25, 0.3) is 0 Å². The van der Waals surface area contributed by atoms with Crippen molar-refractivity contribution in [2.24, 2.45) is 4.99 Å². The topological polar surface area (TPSA) is 62.9 Å². The van der Waals surface area contributed by atoms with Gasteiger partial charge in [0.05, 0.1) is 19.3 Å². The van der Waals surface area contributed by atoms with Crippen LogP contribution in [0.1, 0.15) is 56.6 Å². The van der Waals surface area contributed by atoms with Crippen molar-refractivity contribution in [3.63, 3.8) is 0 Å². The molecule has 2 aromatic rings.